The highest BCUT2D eigenvalue weighted by atomic mass is 79.9. The Hall–Kier alpha value is -2.38. The summed E-state index contributed by atoms with van der Waals surface area (Å²) in [7, 11) is -6.37. The summed E-state index contributed by atoms with van der Waals surface area (Å²) in [6.45, 7) is 1.56. The maximum atomic E-state index is 14.1. The molecular weight excluding hydrogens is 731 g/mol. The van der Waals surface area contributed by atoms with Crippen LogP contribution in [0, 0.1) is 12.8 Å². The first-order chi connectivity index (χ1) is 20.3. The Kier molecular flexibility index (Phi) is 13.1. The second kappa shape index (κ2) is 16.1. The average Bonchev–Trinajstić information content (AvgIpc) is 2.99. The van der Waals surface area contributed by atoms with E-state index in [0.29, 0.717) is 11.1 Å². The van der Waals surface area contributed by atoms with E-state index in [1.54, 1.807) is 67.6 Å². The number of carbonyl (C=O) groups excluding carboxylic acids is 2. The van der Waals surface area contributed by atoms with E-state index in [0.717, 1.165) is 28.7 Å². The minimum Gasteiger partial charge on any atom is -0.469 e. The molecule has 0 aromatic heterocycles. The standard InChI is InChI=1S/C29H31Br2O10PS/c1-20-4-14-26(15-5-20)43(35,36)41-27(29(33)38-3)16-23(28(32)37-2)19-42(34,39-17-21-6-10-24(30)11-7-21)40-18-22-8-12-25(31)13-9-22/h4-15,23,27H,16-19H2,1-3H3/t23-,27?/m1/s1. The highest BCUT2D eigenvalue weighted by Crippen LogP contribution is 2.52. The van der Waals surface area contributed by atoms with Crippen LogP contribution in [0.3, 0.4) is 0 Å². The van der Waals surface area contributed by atoms with Gasteiger partial charge in [-0.2, -0.15) is 8.42 Å². The lowest BCUT2D eigenvalue weighted by Crippen LogP contribution is -2.34. The maximum absolute atomic E-state index is 14.1. The number of carbonyl (C=O) groups is 2. The molecule has 0 aliphatic rings. The van der Waals surface area contributed by atoms with Crippen molar-refractivity contribution in [2.24, 2.45) is 5.92 Å². The molecule has 0 fully saturated rings. The number of hydrogen-bond donors (Lipinski definition) is 0. The van der Waals surface area contributed by atoms with Crippen LogP contribution < -0.4 is 0 Å². The van der Waals surface area contributed by atoms with Crippen molar-refractivity contribution in [3.63, 3.8) is 0 Å². The van der Waals surface area contributed by atoms with Gasteiger partial charge in [0.1, 0.15) is 0 Å². The lowest BCUT2D eigenvalue weighted by Gasteiger charge is -2.25. The summed E-state index contributed by atoms with van der Waals surface area (Å²) in [6, 6.07) is 20.0. The summed E-state index contributed by atoms with van der Waals surface area (Å²) in [6.07, 6.45) is -2.84. The molecule has 0 amide bonds. The number of ether oxygens (including phenoxy) is 2. The molecule has 14 heteroatoms. The second-order valence-electron chi connectivity index (χ2n) is 9.42. The number of esters is 2. The molecule has 1 unspecified atom stereocenters. The molecule has 232 valence electrons. The summed E-state index contributed by atoms with van der Waals surface area (Å²) in [5.41, 5.74) is 2.19. The molecule has 0 bridgehead atoms. The Morgan fingerprint density at radius 2 is 1.23 bits per heavy atom. The van der Waals surface area contributed by atoms with Crippen molar-refractivity contribution in [3.05, 3.63) is 98.4 Å². The molecule has 3 rings (SSSR count). The van der Waals surface area contributed by atoms with E-state index in [9.17, 15) is 22.6 Å². The second-order valence-corrected chi connectivity index (χ2v) is 14.9. The van der Waals surface area contributed by atoms with Crippen molar-refractivity contribution >= 4 is 61.5 Å². The first-order valence-electron chi connectivity index (χ1n) is 12.9. The predicted octanol–water partition coefficient (Wildman–Crippen LogP) is 6.57. The van der Waals surface area contributed by atoms with E-state index in [1.165, 1.54) is 12.1 Å². The van der Waals surface area contributed by atoms with Crippen LogP contribution >= 0.6 is 39.5 Å². The Morgan fingerprint density at radius 1 is 0.767 bits per heavy atom. The molecule has 3 aromatic rings. The Balaban J connectivity index is 1.88. The van der Waals surface area contributed by atoms with Crippen LogP contribution in [0.15, 0.2) is 86.6 Å². The Morgan fingerprint density at radius 3 is 1.67 bits per heavy atom. The molecule has 0 spiro atoms. The monoisotopic (exact) mass is 760 g/mol. The molecule has 0 saturated carbocycles. The number of hydrogen-bond acceptors (Lipinski definition) is 10. The molecule has 3 aromatic carbocycles. The molecule has 0 aliphatic carbocycles. The molecule has 43 heavy (non-hydrogen) atoms. The van der Waals surface area contributed by atoms with Crippen molar-refractivity contribution in [1.29, 1.82) is 0 Å². The van der Waals surface area contributed by atoms with Crippen LogP contribution in [-0.2, 0) is 60.2 Å². The number of halogens is 2. The third kappa shape index (κ3) is 10.9. The molecule has 0 radical (unpaired) electrons. The summed E-state index contributed by atoms with van der Waals surface area (Å²) >= 11 is 6.72. The smallest absolute Gasteiger partial charge is 0.336 e. The van der Waals surface area contributed by atoms with Crippen molar-refractivity contribution in [2.45, 2.75) is 37.6 Å². The van der Waals surface area contributed by atoms with E-state index >= 15 is 0 Å². The summed E-state index contributed by atoms with van der Waals surface area (Å²) < 4.78 is 68.3. The van der Waals surface area contributed by atoms with Crippen LogP contribution in [0.25, 0.3) is 0 Å². The van der Waals surface area contributed by atoms with Crippen molar-refractivity contribution in [1.82, 2.24) is 0 Å². The molecule has 10 nitrogen and oxygen atoms in total. The summed E-state index contributed by atoms with van der Waals surface area (Å²) in [5, 5.41) is 0. The minimum atomic E-state index is -4.44. The number of aryl methyl sites for hydroxylation is 1. The van der Waals surface area contributed by atoms with E-state index < -0.39 is 54.3 Å². The highest BCUT2D eigenvalue weighted by molar-refractivity contribution is 9.10. The molecular formula is C29H31Br2O10PS. The van der Waals surface area contributed by atoms with Gasteiger partial charge in [-0.25, -0.2) is 4.79 Å². The van der Waals surface area contributed by atoms with Gasteiger partial charge in [0.25, 0.3) is 10.1 Å². The van der Waals surface area contributed by atoms with E-state index in [4.69, 9.17) is 22.7 Å². The number of methoxy groups -OCH3 is 2. The number of rotatable bonds is 15. The fourth-order valence-electron chi connectivity index (χ4n) is 3.81. The molecule has 2 atom stereocenters. The van der Waals surface area contributed by atoms with E-state index in [-0.39, 0.29) is 18.1 Å². The van der Waals surface area contributed by atoms with Crippen molar-refractivity contribution in [3.8, 4) is 0 Å². The third-order valence-corrected chi connectivity index (χ3v) is 10.5. The van der Waals surface area contributed by atoms with Gasteiger partial charge < -0.3 is 18.5 Å². The quantitative estimate of drug-likeness (QED) is 0.0952. The molecule has 0 heterocycles. The minimum absolute atomic E-state index is 0.114. The zero-order valence-corrected chi connectivity index (χ0v) is 28.5. The highest BCUT2D eigenvalue weighted by Gasteiger charge is 2.39. The van der Waals surface area contributed by atoms with Crippen LogP contribution in [-0.4, -0.2) is 46.8 Å². The lowest BCUT2D eigenvalue weighted by atomic mass is 10.0. The zero-order valence-electron chi connectivity index (χ0n) is 23.6. The van der Waals surface area contributed by atoms with Gasteiger partial charge in [-0.1, -0.05) is 73.8 Å². The fourth-order valence-corrected chi connectivity index (χ4v) is 7.20. The van der Waals surface area contributed by atoms with Crippen molar-refractivity contribution < 1.29 is 45.3 Å². The first-order valence-corrected chi connectivity index (χ1v) is 17.6. The predicted molar refractivity (Wildman–Crippen MR) is 166 cm³/mol. The largest absolute Gasteiger partial charge is 0.469 e. The van der Waals surface area contributed by atoms with Gasteiger partial charge in [0, 0.05) is 8.95 Å². The van der Waals surface area contributed by atoms with E-state index in [1.807, 2.05) is 0 Å². The number of benzene rings is 3. The summed E-state index contributed by atoms with van der Waals surface area (Å²) in [5.74, 6) is -3.25. The normalized spacial score (nSPS) is 13.2. The molecule has 0 aliphatic heterocycles. The molecule has 0 N–H and O–H groups in total. The first kappa shape index (κ1) is 35.1. The SMILES string of the molecule is COC(=O)C(C[C@H](CP(=O)(OCc1ccc(Br)cc1)OCc1ccc(Br)cc1)C(=O)OC)OS(=O)(=O)c1ccc(C)cc1. The lowest BCUT2D eigenvalue weighted by molar-refractivity contribution is -0.152. The van der Waals surface area contributed by atoms with E-state index in [2.05, 4.69) is 31.9 Å². The third-order valence-electron chi connectivity index (χ3n) is 6.18. The summed E-state index contributed by atoms with van der Waals surface area (Å²) in [4.78, 5) is 25.4. The fraction of sp³-hybridized carbons (Fsp3) is 0.310. The zero-order chi connectivity index (χ0) is 31.6. The van der Waals surface area contributed by atoms with Crippen LogP contribution in [0.1, 0.15) is 23.1 Å². The van der Waals surface area contributed by atoms with Gasteiger partial charge in [-0.15, -0.1) is 0 Å². The van der Waals surface area contributed by atoms with Gasteiger partial charge in [0.15, 0.2) is 6.10 Å². The Bertz CT molecular complexity index is 1480. The van der Waals surface area contributed by atoms with Crippen LogP contribution in [0.5, 0.6) is 0 Å². The van der Waals surface area contributed by atoms with Gasteiger partial charge in [0.05, 0.1) is 44.4 Å². The van der Waals surface area contributed by atoms with Gasteiger partial charge in [-0.05, 0) is 60.9 Å². The van der Waals surface area contributed by atoms with Gasteiger partial charge in [-0.3, -0.25) is 13.5 Å². The van der Waals surface area contributed by atoms with Gasteiger partial charge >= 0.3 is 19.5 Å². The van der Waals surface area contributed by atoms with Crippen LogP contribution in [0.4, 0.5) is 0 Å². The molecule has 0 saturated heterocycles. The topological polar surface area (TPSA) is 132 Å². The van der Waals surface area contributed by atoms with Crippen molar-refractivity contribution in [2.75, 3.05) is 20.4 Å². The van der Waals surface area contributed by atoms with Crippen LogP contribution in [0.2, 0.25) is 0 Å². The Labute approximate surface area is 267 Å². The maximum Gasteiger partial charge on any atom is 0.336 e. The average molecular weight is 762 g/mol. The van der Waals surface area contributed by atoms with Gasteiger partial charge in [0.2, 0.25) is 0 Å².